The van der Waals surface area contributed by atoms with Crippen LogP contribution in [0.25, 0.3) is 0 Å². The Kier molecular flexibility index (Phi) is 1.91. The average molecular weight is 166 g/mol. The van der Waals surface area contributed by atoms with E-state index in [1.54, 1.807) is 17.0 Å². The summed E-state index contributed by atoms with van der Waals surface area (Å²) in [5.74, 6) is 0.446. The van der Waals surface area contributed by atoms with Gasteiger partial charge in [-0.15, -0.1) is 0 Å². The van der Waals surface area contributed by atoms with Crippen molar-refractivity contribution in [2.45, 2.75) is 19.1 Å². The lowest BCUT2D eigenvalue weighted by Crippen LogP contribution is -2.09. The molecule has 1 aromatic heterocycles. The van der Waals surface area contributed by atoms with E-state index >= 15 is 0 Å². The van der Waals surface area contributed by atoms with Gasteiger partial charge in [0.05, 0.1) is 0 Å². The normalized spacial score (nSPS) is 22.8. The van der Waals surface area contributed by atoms with Gasteiger partial charge in [0.1, 0.15) is 6.23 Å². The van der Waals surface area contributed by atoms with Gasteiger partial charge in [-0.3, -0.25) is 4.79 Å². The fourth-order valence-electron chi connectivity index (χ4n) is 1.44. The van der Waals surface area contributed by atoms with Crippen molar-refractivity contribution in [2.24, 2.45) is 0 Å². The summed E-state index contributed by atoms with van der Waals surface area (Å²) < 4.78 is 7.18. The maximum absolute atomic E-state index is 10.5. The van der Waals surface area contributed by atoms with Crippen LogP contribution < -0.4 is 0 Å². The number of hydrogen-bond donors (Lipinski definition) is 0. The summed E-state index contributed by atoms with van der Waals surface area (Å²) >= 11 is 0. The zero-order valence-electron chi connectivity index (χ0n) is 6.64. The van der Waals surface area contributed by atoms with Crippen LogP contribution in [0.3, 0.4) is 0 Å². The van der Waals surface area contributed by atoms with Crippen LogP contribution in [-0.4, -0.2) is 22.4 Å². The van der Waals surface area contributed by atoms with E-state index in [0.717, 1.165) is 25.7 Å². The molecule has 0 bridgehead atoms. The minimum Gasteiger partial charge on any atom is -0.358 e. The molecule has 0 amide bonds. The Morgan fingerprint density at radius 2 is 2.67 bits per heavy atom. The van der Waals surface area contributed by atoms with Gasteiger partial charge in [0.15, 0.2) is 12.1 Å². The molecule has 2 heterocycles. The average Bonchev–Trinajstić information content (AvgIpc) is 2.74. The molecule has 1 atom stereocenters. The second-order valence-electron chi connectivity index (χ2n) is 2.78. The molecule has 12 heavy (non-hydrogen) atoms. The Hall–Kier alpha value is -1.16. The minimum atomic E-state index is 0.0210. The molecule has 4 heteroatoms. The van der Waals surface area contributed by atoms with Gasteiger partial charge in [-0.25, -0.2) is 4.98 Å². The van der Waals surface area contributed by atoms with Crippen molar-refractivity contribution in [3.63, 3.8) is 0 Å². The van der Waals surface area contributed by atoms with Crippen molar-refractivity contribution in [3.8, 4) is 0 Å². The maximum Gasteiger partial charge on any atom is 0.185 e. The van der Waals surface area contributed by atoms with Crippen LogP contribution in [0.1, 0.15) is 29.7 Å². The third kappa shape index (κ3) is 1.14. The highest BCUT2D eigenvalue weighted by Crippen LogP contribution is 2.23. The highest BCUT2D eigenvalue weighted by molar-refractivity contribution is 5.69. The molecular weight excluding hydrogens is 156 g/mol. The summed E-state index contributed by atoms with van der Waals surface area (Å²) in [5, 5.41) is 0. The molecule has 1 aromatic rings. The minimum absolute atomic E-state index is 0.0210. The van der Waals surface area contributed by atoms with Crippen LogP contribution in [0.15, 0.2) is 12.4 Å². The van der Waals surface area contributed by atoms with E-state index in [4.69, 9.17) is 4.74 Å². The molecule has 4 nitrogen and oxygen atoms in total. The summed E-state index contributed by atoms with van der Waals surface area (Å²) in [6, 6.07) is 0. The topological polar surface area (TPSA) is 44.1 Å². The summed E-state index contributed by atoms with van der Waals surface area (Å²) in [6.45, 7) is 0.779. The first kappa shape index (κ1) is 7.49. The van der Waals surface area contributed by atoms with Gasteiger partial charge in [-0.2, -0.15) is 0 Å². The predicted molar refractivity (Wildman–Crippen MR) is 41.8 cm³/mol. The first-order valence-electron chi connectivity index (χ1n) is 4.01. The smallest absolute Gasteiger partial charge is 0.185 e. The molecule has 0 N–H and O–H groups in total. The number of imidazole rings is 1. The Morgan fingerprint density at radius 3 is 3.33 bits per heavy atom. The van der Waals surface area contributed by atoms with Crippen molar-refractivity contribution in [2.75, 3.05) is 6.61 Å². The van der Waals surface area contributed by atoms with Crippen LogP contribution in [0, 0.1) is 0 Å². The monoisotopic (exact) mass is 166 g/mol. The fraction of sp³-hybridized carbons (Fsp3) is 0.500. The second kappa shape index (κ2) is 3.06. The Morgan fingerprint density at radius 1 is 1.75 bits per heavy atom. The van der Waals surface area contributed by atoms with Crippen molar-refractivity contribution in [1.82, 2.24) is 9.55 Å². The van der Waals surface area contributed by atoms with Gasteiger partial charge in [-0.05, 0) is 12.8 Å². The number of carbonyl (C=O) groups excluding carboxylic acids is 1. The van der Waals surface area contributed by atoms with Crippen LogP contribution in [-0.2, 0) is 4.74 Å². The second-order valence-corrected chi connectivity index (χ2v) is 2.78. The standard InChI is InChI=1S/C8H10N2O2/c11-6-7-9-3-4-10(7)8-2-1-5-12-8/h3-4,6,8H,1-2,5H2/t8-/m1/s1. The zero-order chi connectivity index (χ0) is 8.39. The van der Waals surface area contributed by atoms with E-state index in [-0.39, 0.29) is 6.23 Å². The van der Waals surface area contributed by atoms with Crippen molar-refractivity contribution in [1.29, 1.82) is 0 Å². The van der Waals surface area contributed by atoms with Crippen molar-refractivity contribution < 1.29 is 9.53 Å². The molecule has 1 fully saturated rings. The number of aldehydes is 1. The van der Waals surface area contributed by atoms with E-state index in [1.807, 2.05) is 0 Å². The van der Waals surface area contributed by atoms with Gasteiger partial charge < -0.3 is 9.30 Å². The number of nitrogens with zero attached hydrogens (tertiary/aromatic N) is 2. The van der Waals surface area contributed by atoms with E-state index in [2.05, 4.69) is 4.98 Å². The van der Waals surface area contributed by atoms with Gasteiger partial charge in [0, 0.05) is 19.0 Å². The molecule has 0 aromatic carbocycles. The Bertz CT molecular complexity index is 276. The number of carbonyl (C=O) groups is 1. The molecule has 0 radical (unpaired) electrons. The maximum atomic E-state index is 10.5. The lowest BCUT2D eigenvalue weighted by Gasteiger charge is -2.11. The van der Waals surface area contributed by atoms with E-state index < -0.39 is 0 Å². The van der Waals surface area contributed by atoms with Crippen molar-refractivity contribution >= 4 is 6.29 Å². The quantitative estimate of drug-likeness (QED) is 0.616. The van der Waals surface area contributed by atoms with E-state index in [0.29, 0.717) is 5.82 Å². The lowest BCUT2D eigenvalue weighted by atomic mass is 10.3. The third-order valence-electron chi connectivity index (χ3n) is 2.02. The van der Waals surface area contributed by atoms with Gasteiger partial charge in [0.2, 0.25) is 0 Å². The predicted octanol–water partition coefficient (Wildman–Crippen LogP) is 1.00. The fourth-order valence-corrected chi connectivity index (χ4v) is 1.44. The number of aromatic nitrogens is 2. The summed E-state index contributed by atoms with van der Waals surface area (Å²) in [7, 11) is 0. The summed E-state index contributed by atoms with van der Waals surface area (Å²) in [6.07, 6.45) is 6.19. The molecule has 0 aliphatic carbocycles. The number of rotatable bonds is 2. The summed E-state index contributed by atoms with van der Waals surface area (Å²) in [4.78, 5) is 14.4. The first-order chi connectivity index (χ1) is 5.92. The molecule has 64 valence electrons. The lowest BCUT2D eigenvalue weighted by molar-refractivity contribution is 0.0542. The van der Waals surface area contributed by atoms with E-state index in [1.165, 1.54) is 0 Å². The Balaban J connectivity index is 2.25. The van der Waals surface area contributed by atoms with Crippen LogP contribution in [0.2, 0.25) is 0 Å². The Labute approximate surface area is 70.2 Å². The SMILES string of the molecule is O=Cc1nccn1[C@H]1CCCO1. The van der Waals surface area contributed by atoms with Gasteiger partial charge >= 0.3 is 0 Å². The largest absolute Gasteiger partial charge is 0.358 e. The molecular formula is C8H10N2O2. The van der Waals surface area contributed by atoms with Crippen LogP contribution in [0.5, 0.6) is 0 Å². The molecule has 0 spiro atoms. The summed E-state index contributed by atoms with van der Waals surface area (Å²) in [5.41, 5.74) is 0. The first-order valence-corrected chi connectivity index (χ1v) is 4.01. The highest BCUT2D eigenvalue weighted by atomic mass is 16.5. The number of ether oxygens (including phenoxy) is 1. The molecule has 1 saturated heterocycles. The third-order valence-corrected chi connectivity index (χ3v) is 2.02. The molecule has 1 aliphatic heterocycles. The molecule has 0 unspecified atom stereocenters. The van der Waals surface area contributed by atoms with Gasteiger partial charge in [0.25, 0.3) is 0 Å². The van der Waals surface area contributed by atoms with Crippen molar-refractivity contribution in [3.05, 3.63) is 18.2 Å². The van der Waals surface area contributed by atoms with Gasteiger partial charge in [-0.1, -0.05) is 0 Å². The zero-order valence-corrected chi connectivity index (χ0v) is 6.64. The molecule has 2 rings (SSSR count). The number of hydrogen-bond acceptors (Lipinski definition) is 3. The molecule has 0 saturated carbocycles. The highest BCUT2D eigenvalue weighted by Gasteiger charge is 2.18. The van der Waals surface area contributed by atoms with Crippen LogP contribution in [0.4, 0.5) is 0 Å². The van der Waals surface area contributed by atoms with Crippen LogP contribution >= 0.6 is 0 Å². The molecule has 1 aliphatic rings. The van der Waals surface area contributed by atoms with E-state index in [9.17, 15) is 4.79 Å².